The highest BCUT2D eigenvalue weighted by atomic mass is 79.9. The van der Waals surface area contributed by atoms with E-state index in [-0.39, 0.29) is 11.0 Å². The molecule has 0 aliphatic rings. The van der Waals surface area contributed by atoms with Gasteiger partial charge in [-0.05, 0) is 89.7 Å². The lowest BCUT2D eigenvalue weighted by molar-refractivity contribution is 0.0977. The summed E-state index contributed by atoms with van der Waals surface area (Å²) in [7, 11) is 0. The van der Waals surface area contributed by atoms with E-state index in [4.69, 9.17) is 17.0 Å². The number of rotatable bonds is 6. The van der Waals surface area contributed by atoms with Crippen LogP contribution in [0.3, 0.4) is 0 Å². The van der Waals surface area contributed by atoms with Gasteiger partial charge >= 0.3 is 0 Å². The quantitative estimate of drug-likeness (QED) is 0.563. The number of halogens is 1. The summed E-state index contributed by atoms with van der Waals surface area (Å²) in [4.78, 5) is 12.5. The molecule has 0 heterocycles. The van der Waals surface area contributed by atoms with Crippen molar-refractivity contribution >= 4 is 44.9 Å². The molecule has 2 N–H and O–H groups in total. The van der Waals surface area contributed by atoms with Crippen molar-refractivity contribution in [2.75, 3.05) is 11.9 Å². The highest BCUT2D eigenvalue weighted by molar-refractivity contribution is 9.10. The number of hydrogen-bond acceptors (Lipinski definition) is 3. The number of carbonyl (C=O) groups is 1. The first-order chi connectivity index (χ1) is 12.8. The smallest absolute Gasteiger partial charge is 0.257 e. The Hall–Kier alpha value is -1.92. The van der Waals surface area contributed by atoms with Crippen LogP contribution in [0.25, 0.3) is 0 Å². The van der Waals surface area contributed by atoms with Gasteiger partial charge < -0.3 is 10.1 Å². The lowest BCUT2D eigenvalue weighted by Crippen LogP contribution is -2.34. The molecular weight excluding hydrogens is 424 g/mol. The summed E-state index contributed by atoms with van der Waals surface area (Å²) in [6.45, 7) is 8.95. The average Bonchev–Trinajstić information content (AvgIpc) is 2.59. The molecule has 1 amide bonds. The van der Waals surface area contributed by atoms with Crippen LogP contribution in [0.2, 0.25) is 0 Å². The third-order valence-corrected chi connectivity index (χ3v) is 4.84. The number of benzene rings is 2. The van der Waals surface area contributed by atoms with E-state index in [1.807, 2.05) is 32.0 Å². The Morgan fingerprint density at radius 2 is 1.93 bits per heavy atom. The normalized spacial score (nSPS) is 10.6. The van der Waals surface area contributed by atoms with E-state index < -0.39 is 0 Å². The largest absolute Gasteiger partial charge is 0.492 e. The van der Waals surface area contributed by atoms with E-state index in [2.05, 4.69) is 40.4 Å². The minimum absolute atomic E-state index is 0.266. The van der Waals surface area contributed by atoms with Crippen LogP contribution < -0.4 is 15.4 Å². The molecule has 0 spiro atoms. The molecule has 0 saturated heterocycles. The lowest BCUT2D eigenvalue weighted by Gasteiger charge is -2.13. The first kappa shape index (κ1) is 21.4. The van der Waals surface area contributed by atoms with Crippen LogP contribution >= 0.6 is 28.1 Å². The first-order valence-corrected chi connectivity index (χ1v) is 10.1. The average molecular weight is 449 g/mol. The van der Waals surface area contributed by atoms with Gasteiger partial charge in [-0.1, -0.05) is 26.0 Å². The van der Waals surface area contributed by atoms with Crippen molar-refractivity contribution in [3.05, 3.63) is 57.6 Å². The standard InChI is InChI=1S/C21H25BrN2O2S/c1-13(2)9-10-26-19-8-7-16(12-17(19)22)20(25)24-21(27)23-18-11-14(3)5-6-15(18)4/h5-8,11-13H,9-10H2,1-4H3,(H2,23,24,25,27). The Morgan fingerprint density at radius 3 is 2.59 bits per heavy atom. The van der Waals surface area contributed by atoms with Gasteiger partial charge in [-0.15, -0.1) is 0 Å². The van der Waals surface area contributed by atoms with Crippen molar-refractivity contribution in [3.63, 3.8) is 0 Å². The second-order valence-corrected chi connectivity index (χ2v) is 8.17. The molecule has 0 aliphatic heterocycles. The molecule has 0 bridgehead atoms. The first-order valence-electron chi connectivity index (χ1n) is 8.88. The zero-order chi connectivity index (χ0) is 20.0. The zero-order valence-electron chi connectivity index (χ0n) is 16.1. The zero-order valence-corrected chi connectivity index (χ0v) is 18.5. The Bertz CT molecular complexity index is 837. The summed E-state index contributed by atoms with van der Waals surface area (Å²) >= 11 is 8.74. The topological polar surface area (TPSA) is 50.4 Å². The summed E-state index contributed by atoms with van der Waals surface area (Å²) in [5.74, 6) is 1.04. The van der Waals surface area contributed by atoms with Crippen LogP contribution in [-0.2, 0) is 0 Å². The van der Waals surface area contributed by atoms with Crippen molar-refractivity contribution in [2.45, 2.75) is 34.1 Å². The van der Waals surface area contributed by atoms with E-state index in [1.165, 1.54) is 0 Å². The van der Waals surface area contributed by atoms with Crippen molar-refractivity contribution in [3.8, 4) is 5.75 Å². The van der Waals surface area contributed by atoms with Crippen LogP contribution in [0.1, 0.15) is 41.8 Å². The molecule has 0 aliphatic carbocycles. The van der Waals surface area contributed by atoms with Crippen LogP contribution in [-0.4, -0.2) is 17.6 Å². The molecule has 4 nitrogen and oxygen atoms in total. The number of ether oxygens (including phenoxy) is 1. The molecule has 27 heavy (non-hydrogen) atoms. The monoisotopic (exact) mass is 448 g/mol. The Kier molecular flexibility index (Phi) is 7.80. The van der Waals surface area contributed by atoms with Gasteiger partial charge in [0.1, 0.15) is 5.75 Å². The summed E-state index contributed by atoms with van der Waals surface area (Å²) in [6.07, 6.45) is 0.979. The highest BCUT2D eigenvalue weighted by Gasteiger charge is 2.12. The molecule has 2 aromatic carbocycles. The fourth-order valence-electron chi connectivity index (χ4n) is 2.36. The van der Waals surface area contributed by atoms with E-state index in [0.717, 1.165) is 33.5 Å². The predicted octanol–water partition coefficient (Wildman–Crippen LogP) is 5.62. The summed E-state index contributed by atoms with van der Waals surface area (Å²) in [5.41, 5.74) is 3.57. The molecular formula is C21H25BrN2O2S. The SMILES string of the molecule is Cc1ccc(C)c(NC(=S)NC(=O)c2ccc(OCCC(C)C)c(Br)c2)c1. The molecule has 144 valence electrons. The molecule has 6 heteroatoms. The maximum absolute atomic E-state index is 12.5. The lowest BCUT2D eigenvalue weighted by atomic mass is 10.1. The van der Waals surface area contributed by atoms with E-state index >= 15 is 0 Å². The molecule has 0 unspecified atom stereocenters. The van der Waals surface area contributed by atoms with E-state index in [1.54, 1.807) is 18.2 Å². The molecule has 0 atom stereocenters. The van der Waals surface area contributed by atoms with Crippen molar-refractivity contribution in [2.24, 2.45) is 5.92 Å². The molecule has 0 radical (unpaired) electrons. The van der Waals surface area contributed by atoms with Crippen LogP contribution in [0.4, 0.5) is 5.69 Å². The molecule has 2 rings (SSSR count). The van der Waals surface area contributed by atoms with Crippen molar-refractivity contribution < 1.29 is 9.53 Å². The second-order valence-electron chi connectivity index (χ2n) is 6.90. The Labute approximate surface area is 174 Å². The third-order valence-electron chi connectivity index (χ3n) is 4.02. The van der Waals surface area contributed by atoms with E-state index in [9.17, 15) is 4.79 Å². The summed E-state index contributed by atoms with van der Waals surface area (Å²) in [6, 6.07) is 11.3. The van der Waals surface area contributed by atoms with Crippen molar-refractivity contribution in [1.29, 1.82) is 0 Å². The van der Waals surface area contributed by atoms with Crippen LogP contribution in [0.15, 0.2) is 40.9 Å². The molecule has 2 aromatic rings. The number of anilines is 1. The number of aryl methyl sites for hydroxylation is 2. The van der Waals surface area contributed by atoms with Crippen LogP contribution in [0, 0.1) is 19.8 Å². The predicted molar refractivity (Wildman–Crippen MR) is 119 cm³/mol. The van der Waals surface area contributed by atoms with Crippen molar-refractivity contribution in [1.82, 2.24) is 5.32 Å². The van der Waals surface area contributed by atoms with Gasteiger partial charge in [0.15, 0.2) is 5.11 Å². The van der Waals surface area contributed by atoms with Gasteiger partial charge in [0.05, 0.1) is 11.1 Å². The van der Waals surface area contributed by atoms with Gasteiger partial charge in [-0.3, -0.25) is 10.1 Å². The number of nitrogens with one attached hydrogen (secondary N) is 2. The highest BCUT2D eigenvalue weighted by Crippen LogP contribution is 2.26. The Balaban J connectivity index is 1.97. The number of thiocarbonyl (C=S) groups is 1. The maximum Gasteiger partial charge on any atom is 0.257 e. The van der Waals surface area contributed by atoms with Gasteiger partial charge in [-0.25, -0.2) is 0 Å². The fourth-order valence-corrected chi connectivity index (χ4v) is 3.06. The molecule has 0 fully saturated rings. The summed E-state index contributed by atoms with van der Waals surface area (Å²) in [5, 5.41) is 6.06. The second kappa shape index (κ2) is 9.85. The molecule has 0 saturated carbocycles. The third kappa shape index (κ3) is 6.63. The van der Waals surface area contributed by atoms with Gasteiger partial charge in [-0.2, -0.15) is 0 Å². The summed E-state index contributed by atoms with van der Waals surface area (Å²) < 4.78 is 6.49. The van der Waals surface area contributed by atoms with E-state index in [0.29, 0.717) is 18.1 Å². The Morgan fingerprint density at radius 1 is 1.19 bits per heavy atom. The minimum Gasteiger partial charge on any atom is -0.492 e. The van der Waals surface area contributed by atoms with Gasteiger partial charge in [0.2, 0.25) is 0 Å². The van der Waals surface area contributed by atoms with Crippen LogP contribution in [0.5, 0.6) is 5.75 Å². The minimum atomic E-state index is -0.271. The number of hydrogen-bond donors (Lipinski definition) is 2. The maximum atomic E-state index is 12.5. The number of carbonyl (C=O) groups excluding carboxylic acids is 1. The molecule has 0 aromatic heterocycles. The number of amides is 1. The van der Waals surface area contributed by atoms with Gasteiger partial charge in [0.25, 0.3) is 5.91 Å². The van der Waals surface area contributed by atoms with Gasteiger partial charge in [0, 0.05) is 11.3 Å². The fraction of sp³-hybridized carbons (Fsp3) is 0.333.